The van der Waals surface area contributed by atoms with E-state index >= 15 is 0 Å². The number of fused-ring (bicyclic) bond motifs is 1. The Bertz CT molecular complexity index is 1180. The Morgan fingerprint density at radius 2 is 1.86 bits per heavy atom. The third-order valence-corrected chi connectivity index (χ3v) is 7.51. The van der Waals surface area contributed by atoms with Gasteiger partial charge in [-0.1, -0.05) is 6.92 Å². The molecule has 0 aliphatic carbocycles. The molecule has 0 bridgehead atoms. The second-order valence-electron chi connectivity index (χ2n) is 10.1. The number of amides is 1. The Morgan fingerprint density at radius 3 is 2.61 bits per heavy atom. The molecule has 2 fully saturated rings. The molecule has 3 aromatic rings. The predicted octanol–water partition coefficient (Wildman–Crippen LogP) is 4.51. The van der Waals surface area contributed by atoms with Crippen LogP contribution in [0, 0.1) is 5.92 Å². The van der Waals surface area contributed by atoms with Gasteiger partial charge in [-0.25, -0.2) is 4.98 Å². The number of hydrogen-bond acceptors (Lipinski definition) is 6. The molecule has 5 rings (SSSR count). The molecule has 2 aromatic heterocycles. The Balaban J connectivity index is 1.23. The minimum atomic E-state index is 0.211. The molecule has 0 unspecified atom stereocenters. The zero-order chi connectivity index (χ0) is 24.9. The van der Waals surface area contributed by atoms with E-state index in [1.807, 2.05) is 7.05 Å². The van der Waals surface area contributed by atoms with Crippen LogP contribution in [0.2, 0.25) is 0 Å². The molecule has 1 aromatic carbocycles. The smallest absolute Gasteiger partial charge is 0.225 e. The van der Waals surface area contributed by atoms with Crippen molar-refractivity contribution in [3.63, 3.8) is 0 Å². The average molecular weight is 490 g/mol. The molecule has 2 saturated heterocycles. The molecule has 8 nitrogen and oxygen atoms in total. The van der Waals surface area contributed by atoms with E-state index in [0.29, 0.717) is 11.9 Å². The van der Waals surface area contributed by atoms with Gasteiger partial charge in [0.2, 0.25) is 11.9 Å². The van der Waals surface area contributed by atoms with Crippen molar-refractivity contribution in [2.24, 2.45) is 5.92 Å². The highest BCUT2D eigenvalue weighted by molar-refractivity contribution is 5.91. The highest BCUT2D eigenvalue weighted by Crippen LogP contribution is 2.26. The second kappa shape index (κ2) is 11.3. The number of rotatable bonds is 8. The molecule has 0 spiro atoms. The summed E-state index contributed by atoms with van der Waals surface area (Å²) in [5.74, 6) is 2.10. The number of hydrogen-bond donors (Lipinski definition) is 2. The van der Waals surface area contributed by atoms with Gasteiger partial charge in [0.25, 0.3) is 0 Å². The molecular weight excluding hydrogens is 450 g/mol. The van der Waals surface area contributed by atoms with Crippen molar-refractivity contribution in [1.29, 1.82) is 0 Å². The Morgan fingerprint density at radius 1 is 1.06 bits per heavy atom. The summed E-state index contributed by atoms with van der Waals surface area (Å²) in [6, 6.07) is 8.55. The van der Waals surface area contributed by atoms with Crippen molar-refractivity contribution in [2.45, 2.75) is 52.0 Å². The van der Waals surface area contributed by atoms with Crippen molar-refractivity contribution in [1.82, 2.24) is 24.3 Å². The molecule has 0 saturated carbocycles. The first kappa shape index (κ1) is 24.6. The van der Waals surface area contributed by atoms with Crippen molar-refractivity contribution in [2.75, 3.05) is 50.4 Å². The standard InChI is InChI=1S/C28H39N7O/c1-3-12-30-26-24-8-7-23(18-25(24)31-28(29-2)32-26)35-17-9-21(20-35)19-33-15-10-22(11-16-33)27(36)34-13-5-4-6-14-34/h7-9,17-18,20,22H,3-6,10-16,19H2,1-2H3,(H2,29,30,31,32). The number of likely N-dealkylation sites (tertiary alicyclic amines) is 2. The summed E-state index contributed by atoms with van der Waals surface area (Å²) in [5, 5.41) is 7.53. The van der Waals surface area contributed by atoms with Gasteiger partial charge in [0.05, 0.1) is 5.52 Å². The van der Waals surface area contributed by atoms with Gasteiger partial charge in [-0.15, -0.1) is 0 Å². The molecule has 8 heteroatoms. The summed E-state index contributed by atoms with van der Waals surface area (Å²) in [4.78, 5) is 26.8. The first-order valence-electron chi connectivity index (χ1n) is 13.6. The molecular formula is C28H39N7O. The van der Waals surface area contributed by atoms with Gasteiger partial charge in [0, 0.05) is 62.6 Å². The molecule has 2 N–H and O–H groups in total. The number of aromatic nitrogens is 3. The SMILES string of the molecule is CCCNc1nc(NC)nc2cc(-n3ccc(CN4CCC(C(=O)N5CCCCC5)CC4)c3)ccc12. The average Bonchev–Trinajstić information content (AvgIpc) is 3.40. The Hall–Kier alpha value is -3.13. The first-order chi connectivity index (χ1) is 17.6. The third-order valence-electron chi connectivity index (χ3n) is 7.51. The van der Waals surface area contributed by atoms with E-state index in [1.54, 1.807) is 0 Å². The van der Waals surface area contributed by atoms with Gasteiger partial charge in [-0.3, -0.25) is 9.69 Å². The van der Waals surface area contributed by atoms with E-state index in [2.05, 4.69) is 78.6 Å². The topological polar surface area (TPSA) is 78.3 Å². The van der Waals surface area contributed by atoms with Crippen LogP contribution < -0.4 is 10.6 Å². The van der Waals surface area contributed by atoms with Crippen molar-refractivity contribution < 1.29 is 4.79 Å². The van der Waals surface area contributed by atoms with E-state index in [-0.39, 0.29) is 5.92 Å². The predicted molar refractivity (Wildman–Crippen MR) is 146 cm³/mol. The van der Waals surface area contributed by atoms with Gasteiger partial charge in [0.1, 0.15) is 5.82 Å². The van der Waals surface area contributed by atoms with Crippen molar-refractivity contribution >= 4 is 28.6 Å². The van der Waals surface area contributed by atoms with Gasteiger partial charge < -0.3 is 20.1 Å². The Kier molecular flexibility index (Phi) is 7.70. The van der Waals surface area contributed by atoms with Crippen molar-refractivity contribution in [3.8, 4) is 5.69 Å². The van der Waals surface area contributed by atoms with Crippen LogP contribution in [0.1, 0.15) is 51.0 Å². The molecule has 36 heavy (non-hydrogen) atoms. The number of carbonyl (C=O) groups excluding carboxylic acids is 1. The normalized spacial score (nSPS) is 17.4. The van der Waals surface area contributed by atoms with Gasteiger partial charge in [-0.05, 0) is 81.4 Å². The summed E-state index contributed by atoms with van der Waals surface area (Å²) in [7, 11) is 1.85. The lowest BCUT2D eigenvalue weighted by Crippen LogP contribution is -2.44. The minimum absolute atomic E-state index is 0.211. The van der Waals surface area contributed by atoms with E-state index in [1.165, 1.54) is 24.8 Å². The molecule has 192 valence electrons. The van der Waals surface area contributed by atoms with Gasteiger partial charge in [0.15, 0.2) is 0 Å². The second-order valence-corrected chi connectivity index (χ2v) is 10.1. The lowest BCUT2D eigenvalue weighted by Gasteiger charge is -2.35. The summed E-state index contributed by atoms with van der Waals surface area (Å²) >= 11 is 0. The fourth-order valence-corrected chi connectivity index (χ4v) is 5.43. The van der Waals surface area contributed by atoms with Gasteiger partial charge in [-0.2, -0.15) is 4.98 Å². The zero-order valence-electron chi connectivity index (χ0n) is 21.7. The summed E-state index contributed by atoms with van der Waals surface area (Å²) in [5.41, 5.74) is 3.29. The van der Waals surface area contributed by atoms with Crippen LogP contribution in [0.4, 0.5) is 11.8 Å². The summed E-state index contributed by atoms with van der Waals surface area (Å²) in [6.07, 6.45) is 10.9. The Labute approximate surface area is 214 Å². The monoisotopic (exact) mass is 489 g/mol. The number of nitrogens with one attached hydrogen (secondary N) is 2. The molecule has 1 amide bonds. The van der Waals surface area contributed by atoms with Crippen molar-refractivity contribution in [3.05, 3.63) is 42.2 Å². The maximum atomic E-state index is 12.9. The number of anilines is 2. The van der Waals surface area contributed by atoms with Crippen LogP contribution in [0.5, 0.6) is 0 Å². The quantitative estimate of drug-likeness (QED) is 0.485. The number of nitrogens with zero attached hydrogens (tertiary/aromatic N) is 5. The number of benzene rings is 1. The fraction of sp³-hybridized carbons (Fsp3) is 0.536. The van der Waals surface area contributed by atoms with Crippen LogP contribution in [0.15, 0.2) is 36.7 Å². The minimum Gasteiger partial charge on any atom is -0.369 e. The van der Waals surface area contributed by atoms with Crippen LogP contribution in [0.3, 0.4) is 0 Å². The van der Waals surface area contributed by atoms with E-state index < -0.39 is 0 Å². The molecule has 4 heterocycles. The van der Waals surface area contributed by atoms with Crippen LogP contribution >= 0.6 is 0 Å². The van der Waals surface area contributed by atoms with E-state index in [4.69, 9.17) is 0 Å². The third kappa shape index (κ3) is 5.48. The molecule has 0 atom stereocenters. The van der Waals surface area contributed by atoms with E-state index in [9.17, 15) is 4.79 Å². The maximum Gasteiger partial charge on any atom is 0.225 e. The summed E-state index contributed by atoms with van der Waals surface area (Å²) in [6.45, 7) is 7.84. The van der Waals surface area contributed by atoms with Crippen LogP contribution in [-0.2, 0) is 11.3 Å². The van der Waals surface area contributed by atoms with Gasteiger partial charge >= 0.3 is 0 Å². The maximum absolute atomic E-state index is 12.9. The highest BCUT2D eigenvalue weighted by Gasteiger charge is 2.29. The lowest BCUT2D eigenvalue weighted by atomic mass is 9.94. The fourth-order valence-electron chi connectivity index (χ4n) is 5.43. The zero-order valence-corrected chi connectivity index (χ0v) is 21.7. The lowest BCUT2D eigenvalue weighted by molar-refractivity contribution is -0.138. The summed E-state index contributed by atoms with van der Waals surface area (Å²) < 4.78 is 2.17. The molecule has 2 aliphatic heterocycles. The van der Waals surface area contributed by atoms with Crippen LogP contribution in [0.25, 0.3) is 16.6 Å². The largest absolute Gasteiger partial charge is 0.369 e. The molecule has 2 aliphatic rings. The number of piperidine rings is 2. The number of carbonyl (C=O) groups is 1. The molecule has 0 radical (unpaired) electrons. The first-order valence-corrected chi connectivity index (χ1v) is 13.6. The van der Waals surface area contributed by atoms with E-state index in [0.717, 1.165) is 80.9 Å². The highest BCUT2D eigenvalue weighted by atomic mass is 16.2. The van der Waals surface area contributed by atoms with Crippen LogP contribution in [-0.4, -0.2) is 70.0 Å².